The number of hydrogen-bond acceptors (Lipinski definition) is 5. The first kappa shape index (κ1) is 14.4. The van der Waals surface area contributed by atoms with Crippen molar-refractivity contribution in [3.05, 3.63) is 16.6 Å². The third-order valence-electron chi connectivity index (χ3n) is 3.25. The minimum absolute atomic E-state index is 0.0218. The minimum atomic E-state index is 0.0218. The lowest BCUT2D eigenvalue weighted by atomic mass is 10.1. The van der Waals surface area contributed by atoms with Gasteiger partial charge in [0.1, 0.15) is 0 Å². The van der Waals surface area contributed by atoms with Gasteiger partial charge in [0.2, 0.25) is 5.91 Å². The molecule has 1 aromatic heterocycles. The molecule has 0 radical (unpaired) electrons. The summed E-state index contributed by atoms with van der Waals surface area (Å²) < 4.78 is 5.30. The Bertz CT molecular complexity index is 377. The van der Waals surface area contributed by atoms with Gasteiger partial charge in [-0.05, 0) is 0 Å². The highest BCUT2D eigenvalue weighted by atomic mass is 32.1. The van der Waals surface area contributed by atoms with Gasteiger partial charge in [0.15, 0.2) is 0 Å². The van der Waals surface area contributed by atoms with Gasteiger partial charge in [-0.3, -0.25) is 9.69 Å². The van der Waals surface area contributed by atoms with Crippen LogP contribution in [-0.4, -0.2) is 55.2 Å². The van der Waals surface area contributed by atoms with E-state index < -0.39 is 0 Å². The lowest BCUT2D eigenvalue weighted by Crippen LogP contribution is -2.43. The highest BCUT2D eigenvalue weighted by molar-refractivity contribution is 7.07. The molecule has 1 aromatic rings. The summed E-state index contributed by atoms with van der Waals surface area (Å²) in [6.07, 6.45) is 0.805. The lowest BCUT2D eigenvalue weighted by molar-refractivity contribution is -0.125. The molecule has 0 aromatic carbocycles. The maximum atomic E-state index is 12.0. The maximum Gasteiger partial charge on any atom is 0.224 e. The number of thiazole rings is 1. The molecule has 19 heavy (non-hydrogen) atoms. The van der Waals surface area contributed by atoms with E-state index in [0.29, 0.717) is 6.54 Å². The molecule has 2 heterocycles. The number of carbonyl (C=O) groups excluding carboxylic acids is 1. The maximum absolute atomic E-state index is 12.0. The molecule has 0 spiro atoms. The summed E-state index contributed by atoms with van der Waals surface area (Å²) in [5.41, 5.74) is 2.87. The lowest BCUT2D eigenvalue weighted by Gasteiger charge is -2.28. The molecule has 1 saturated heterocycles. The molecule has 1 fully saturated rings. The van der Waals surface area contributed by atoms with Crippen LogP contribution in [0.1, 0.15) is 12.6 Å². The van der Waals surface area contributed by atoms with Crippen molar-refractivity contribution in [2.24, 2.45) is 5.92 Å². The number of carbonyl (C=O) groups is 1. The molecule has 1 N–H and O–H groups in total. The second-order valence-electron chi connectivity index (χ2n) is 4.83. The van der Waals surface area contributed by atoms with Gasteiger partial charge in [0.25, 0.3) is 0 Å². The van der Waals surface area contributed by atoms with Crippen molar-refractivity contribution in [2.75, 3.05) is 39.4 Å². The Kier molecular flexibility index (Phi) is 5.75. The minimum Gasteiger partial charge on any atom is -0.379 e. The first-order chi connectivity index (χ1) is 9.25. The van der Waals surface area contributed by atoms with Crippen LogP contribution in [0, 0.1) is 5.92 Å². The van der Waals surface area contributed by atoms with Crippen molar-refractivity contribution >= 4 is 17.2 Å². The van der Waals surface area contributed by atoms with Gasteiger partial charge in [0.05, 0.1) is 24.4 Å². The Hall–Kier alpha value is -0.980. The summed E-state index contributed by atoms with van der Waals surface area (Å²) in [4.78, 5) is 18.4. The van der Waals surface area contributed by atoms with Crippen LogP contribution in [0.15, 0.2) is 10.9 Å². The number of morpholine rings is 1. The van der Waals surface area contributed by atoms with Gasteiger partial charge >= 0.3 is 0 Å². The molecule has 5 nitrogen and oxygen atoms in total. The zero-order valence-electron chi connectivity index (χ0n) is 11.3. The predicted molar refractivity (Wildman–Crippen MR) is 75.3 cm³/mol. The SMILES string of the molecule is C[C@H](CN1CCOCC1)C(=O)NCCc1cscn1. The molecule has 1 aliphatic heterocycles. The van der Waals surface area contributed by atoms with Gasteiger partial charge in [-0.2, -0.15) is 0 Å². The predicted octanol–water partition coefficient (Wildman–Crippen LogP) is 0.770. The molecule has 2 rings (SSSR count). The zero-order chi connectivity index (χ0) is 13.5. The second kappa shape index (κ2) is 7.57. The number of amides is 1. The Labute approximate surface area is 118 Å². The smallest absolute Gasteiger partial charge is 0.224 e. The summed E-state index contributed by atoms with van der Waals surface area (Å²) in [6.45, 7) is 6.86. The van der Waals surface area contributed by atoms with E-state index in [9.17, 15) is 4.79 Å². The Morgan fingerprint density at radius 1 is 1.58 bits per heavy atom. The van der Waals surface area contributed by atoms with Gasteiger partial charge < -0.3 is 10.1 Å². The van der Waals surface area contributed by atoms with Gasteiger partial charge in [-0.15, -0.1) is 11.3 Å². The van der Waals surface area contributed by atoms with Crippen molar-refractivity contribution in [1.29, 1.82) is 0 Å². The Morgan fingerprint density at radius 3 is 3.05 bits per heavy atom. The van der Waals surface area contributed by atoms with E-state index in [2.05, 4.69) is 15.2 Å². The Morgan fingerprint density at radius 2 is 2.37 bits per heavy atom. The zero-order valence-corrected chi connectivity index (χ0v) is 12.1. The molecule has 1 aliphatic rings. The van der Waals surface area contributed by atoms with Crippen LogP contribution in [0.25, 0.3) is 0 Å². The third-order valence-corrected chi connectivity index (χ3v) is 3.88. The standard InChI is InChI=1S/C13H21N3O2S/c1-11(8-16-4-6-18-7-5-16)13(17)14-3-2-12-9-19-10-15-12/h9-11H,2-8H2,1H3,(H,14,17)/t11-/m1/s1. The highest BCUT2D eigenvalue weighted by Gasteiger charge is 2.18. The van der Waals surface area contributed by atoms with E-state index in [1.807, 2.05) is 17.8 Å². The van der Waals surface area contributed by atoms with Crippen LogP contribution in [0.4, 0.5) is 0 Å². The van der Waals surface area contributed by atoms with E-state index in [1.165, 1.54) is 0 Å². The van der Waals surface area contributed by atoms with E-state index in [0.717, 1.165) is 45.0 Å². The van der Waals surface area contributed by atoms with Crippen molar-refractivity contribution < 1.29 is 9.53 Å². The van der Waals surface area contributed by atoms with Gasteiger partial charge in [-0.1, -0.05) is 6.92 Å². The fraction of sp³-hybridized carbons (Fsp3) is 0.692. The number of aromatic nitrogens is 1. The van der Waals surface area contributed by atoms with Crippen molar-refractivity contribution in [1.82, 2.24) is 15.2 Å². The molecule has 0 unspecified atom stereocenters. The number of rotatable bonds is 6. The Balaban J connectivity index is 1.64. The van der Waals surface area contributed by atoms with Crippen LogP contribution in [0.3, 0.4) is 0 Å². The van der Waals surface area contributed by atoms with E-state index in [1.54, 1.807) is 11.3 Å². The first-order valence-electron chi connectivity index (χ1n) is 6.70. The molecule has 0 bridgehead atoms. The van der Waals surface area contributed by atoms with E-state index >= 15 is 0 Å². The molecule has 106 valence electrons. The van der Waals surface area contributed by atoms with Crippen molar-refractivity contribution in [3.8, 4) is 0 Å². The van der Waals surface area contributed by atoms with Gasteiger partial charge in [0, 0.05) is 43.9 Å². The molecular formula is C13H21N3O2S. The van der Waals surface area contributed by atoms with Crippen LogP contribution < -0.4 is 5.32 Å². The summed E-state index contributed by atoms with van der Waals surface area (Å²) in [7, 11) is 0. The normalized spacial score (nSPS) is 18.2. The molecule has 0 aliphatic carbocycles. The number of nitrogens with zero attached hydrogens (tertiary/aromatic N) is 2. The quantitative estimate of drug-likeness (QED) is 0.838. The average Bonchev–Trinajstić information content (AvgIpc) is 2.93. The highest BCUT2D eigenvalue weighted by Crippen LogP contribution is 2.04. The number of hydrogen-bond donors (Lipinski definition) is 1. The summed E-state index contributed by atoms with van der Waals surface area (Å²) in [5.74, 6) is 0.148. The fourth-order valence-corrected chi connectivity index (χ4v) is 2.70. The second-order valence-corrected chi connectivity index (χ2v) is 5.55. The first-order valence-corrected chi connectivity index (χ1v) is 7.65. The topological polar surface area (TPSA) is 54.5 Å². The van der Waals surface area contributed by atoms with E-state index in [4.69, 9.17) is 4.74 Å². The van der Waals surface area contributed by atoms with E-state index in [-0.39, 0.29) is 11.8 Å². The van der Waals surface area contributed by atoms with Crippen molar-refractivity contribution in [2.45, 2.75) is 13.3 Å². The molecule has 0 saturated carbocycles. The van der Waals surface area contributed by atoms with Crippen LogP contribution in [0.2, 0.25) is 0 Å². The summed E-state index contributed by atoms with van der Waals surface area (Å²) in [6, 6.07) is 0. The summed E-state index contributed by atoms with van der Waals surface area (Å²) in [5, 5.41) is 5.00. The number of nitrogens with one attached hydrogen (secondary N) is 1. The molecule has 6 heteroatoms. The van der Waals surface area contributed by atoms with Crippen LogP contribution >= 0.6 is 11.3 Å². The van der Waals surface area contributed by atoms with Crippen molar-refractivity contribution in [3.63, 3.8) is 0 Å². The van der Waals surface area contributed by atoms with Gasteiger partial charge in [-0.25, -0.2) is 4.98 Å². The number of ether oxygens (including phenoxy) is 1. The molecule has 1 atom stereocenters. The van der Waals surface area contributed by atoms with Crippen LogP contribution in [-0.2, 0) is 16.0 Å². The largest absolute Gasteiger partial charge is 0.379 e. The molecular weight excluding hydrogens is 262 g/mol. The summed E-state index contributed by atoms with van der Waals surface area (Å²) >= 11 is 1.59. The monoisotopic (exact) mass is 283 g/mol. The fourth-order valence-electron chi connectivity index (χ4n) is 2.10. The molecule has 1 amide bonds. The van der Waals surface area contributed by atoms with Crippen LogP contribution in [0.5, 0.6) is 0 Å². The third kappa shape index (κ3) is 4.89. The average molecular weight is 283 g/mol.